The van der Waals surface area contributed by atoms with Gasteiger partial charge in [0.15, 0.2) is 11.5 Å². The van der Waals surface area contributed by atoms with Crippen molar-refractivity contribution in [1.82, 2.24) is 0 Å². The van der Waals surface area contributed by atoms with Gasteiger partial charge in [-0.15, -0.1) is 0 Å². The first-order chi connectivity index (χ1) is 17.2. The fourth-order valence-electron chi connectivity index (χ4n) is 4.41. The van der Waals surface area contributed by atoms with Crippen LogP contribution in [0.3, 0.4) is 0 Å². The maximum atomic E-state index is 6.19. The highest BCUT2D eigenvalue weighted by atomic mass is 16.5. The fraction of sp³-hybridized carbons (Fsp3) is 0.161. The Bertz CT molecular complexity index is 1370. The van der Waals surface area contributed by atoms with Gasteiger partial charge in [0.2, 0.25) is 0 Å². The molecule has 2 aliphatic heterocycles. The minimum atomic E-state index is 0.679. The van der Waals surface area contributed by atoms with Gasteiger partial charge >= 0.3 is 0 Å². The summed E-state index contributed by atoms with van der Waals surface area (Å²) in [6.45, 7) is 0. The van der Waals surface area contributed by atoms with Crippen molar-refractivity contribution in [3.8, 4) is 39.9 Å². The van der Waals surface area contributed by atoms with E-state index < -0.39 is 0 Å². The van der Waals surface area contributed by atoms with Gasteiger partial charge in [-0.2, -0.15) is 0 Å². The van der Waals surface area contributed by atoms with Gasteiger partial charge in [0.1, 0.15) is 17.2 Å². The van der Waals surface area contributed by atoms with Gasteiger partial charge < -0.3 is 18.9 Å². The standard InChI is InChI=1S/C31H28O4/c1-32-26-13-15-28-23(19-26)9-4-21-6-11-25(12-7-21)35-31-18-22(8-17-30(31)34-3)5-10-24-20-27(33-2)14-16-29(24)28/h5-8,10-20H,4,9H2,1-3H3/b10-5+. The third-order valence-electron chi connectivity index (χ3n) is 6.34. The molecule has 0 aromatic heterocycles. The van der Waals surface area contributed by atoms with Crippen LogP contribution in [-0.2, 0) is 12.8 Å². The van der Waals surface area contributed by atoms with E-state index in [1.165, 1.54) is 16.7 Å². The molecule has 6 rings (SSSR count). The van der Waals surface area contributed by atoms with Crippen LogP contribution in [0.25, 0.3) is 23.3 Å². The van der Waals surface area contributed by atoms with Gasteiger partial charge in [0, 0.05) is 0 Å². The van der Waals surface area contributed by atoms with Crippen molar-refractivity contribution in [3.63, 3.8) is 0 Å². The summed E-state index contributed by atoms with van der Waals surface area (Å²) in [5.41, 5.74) is 6.90. The van der Waals surface area contributed by atoms with Gasteiger partial charge in [0.25, 0.3) is 0 Å². The van der Waals surface area contributed by atoms with E-state index in [1.807, 2.05) is 42.5 Å². The van der Waals surface area contributed by atoms with Crippen molar-refractivity contribution < 1.29 is 18.9 Å². The van der Waals surface area contributed by atoms with E-state index in [4.69, 9.17) is 18.9 Å². The van der Waals surface area contributed by atoms with Crippen LogP contribution in [-0.4, -0.2) is 21.3 Å². The number of rotatable bonds is 3. The summed E-state index contributed by atoms with van der Waals surface area (Å²) in [4.78, 5) is 0. The molecule has 4 heteroatoms. The molecule has 0 saturated heterocycles. The number of hydrogen-bond donors (Lipinski definition) is 0. The molecule has 0 amide bonds. The molecular formula is C31H28O4. The predicted octanol–water partition coefficient (Wildman–Crippen LogP) is 7.44. The van der Waals surface area contributed by atoms with Crippen molar-refractivity contribution in [2.75, 3.05) is 21.3 Å². The van der Waals surface area contributed by atoms with Crippen molar-refractivity contribution >= 4 is 12.2 Å². The Kier molecular flexibility index (Phi) is 6.44. The lowest BCUT2D eigenvalue weighted by Gasteiger charge is -2.16. The lowest BCUT2D eigenvalue weighted by molar-refractivity contribution is 0.379. The quantitative estimate of drug-likeness (QED) is 0.316. The number of methoxy groups -OCH3 is 3. The van der Waals surface area contributed by atoms with Crippen molar-refractivity contribution in [3.05, 3.63) is 101 Å². The van der Waals surface area contributed by atoms with Gasteiger partial charge in [-0.05, 0) is 94.8 Å². The normalized spacial score (nSPS) is 13.2. The van der Waals surface area contributed by atoms with E-state index in [9.17, 15) is 0 Å². The minimum Gasteiger partial charge on any atom is -0.497 e. The Morgan fingerprint density at radius 1 is 0.629 bits per heavy atom. The first kappa shape index (κ1) is 22.6. The molecule has 2 heterocycles. The molecule has 176 valence electrons. The van der Waals surface area contributed by atoms with Gasteiger partial charge in [-0.1, -0.05) is 42.5 Å². The minimum absolute atomic E-state index is 0.679. The van der Waals surface area contributed by atoms with Crippen LogP contribution in [0.15, 0.2) is 78.9 Å². The molecular weight excluding hydrogens is 436 g/mol. The Hall–Kier alpha value is -4.18. The molecule has 4 aromatic carbocycles. The molecule has 0 atom stereocenters. The maximum absolute atomic E-state index is 6.19. The summed E-state index contributed by atoms with van der Waals surface area (Å²) in [5.74, 6) is 3.82. The highest BCUT2D eigenvalue weighted by molar-refractivity contribution is 5.83. The first-order valence-electron chi connectivity index (χ1n) is 11.6. The number of ether oxygens (including phenoxy) is 4. The topological polar surface area (TPSA) is 36.9 Å². The number of benzene rings is 4. The third-order valence-corrected chi connectivity index (χ3v) is 6.34. The zero-order valence-corrected chi connectivity index (χ0v) is 20.2. The molecule has 4 bridgehead atoms. The fourth-order valence-corrected chi connectivity index (χ4v) is 4.41. The molecule has 0 unspecified atom stereocenters. The smallest absolute Gasteiger partial charge is 0.169 e. The Morgan fingerprint density at radius 3 is 2.11 bits per heavy atom. The summed E-state index contributed by atoms with van der Waals surface area (Å²) in [6, 6.07) is 26.7. The van der Waals surface area contributed by atoms with Crippen LogP contribution in [0.2, 0.25) is 0 Å². The van der Waals surface area contributed by atoms with E-state index in [-0.39, 0.29) is 0 Å². The monoisotopic (exact) mass is 464 g/mol. The molecule has 0 radical (unpaired) electrons. The van der Waals surface area contributed by atoms with Crippen LogP contribution in [0.1, 0.15) is 22.3 Å². The summed E-state index contributed by atoms with van der Waals surface area (Å²) < 4.78 is 22.8. The summed E-state index contributed by atoms with van der Waals surface area (Å²) in [5, 5.41) is 0. The number of aryl methyl sites for hydroxylation is 2. The van der Waals surface area contributed by atoms with Crippen LogP contribution in [0.4, 0.5) is 0 Å². The molecule has 0 saturated carbocycles. The zero-order chi connectivity index (χ0) is 24.2. The Balaban J connectivity index is 1.70. The maximum Gasteiger partial charge on any atom is 0.169 e. The molecule has 0 aliphatic carbocycles. The Labute approximate surface area is 206 Å². The third kappa shape index (κ3) is 4.87. The largest absolute Gasteiger partial charge is 0.497 e. The average molecular weight is 465 g/mol. The van der Waals surface area contributed by atoms with Crippen LogP contribution < -0.4 is 18.9 Å². The van der Waals surface area contributed by atoms with Crippen LogP contribution in [0, 0.1) is 0 Å². The lowest BCUT2D eigenvalue weighted by Crippen LogP contribution is -1.98. The molecule has 0 spiro atoms. The van der Waals surface area contributed by atoms with Crippen molar-refractivity contribution in [1.29, 1.82) is 0 Å². The Morgan fingerprint density at radius 2 is 1.37 bits per heavy atom. The zero-order valence-electron chi connectivity index (χ0n) is 20.2. The second-order valence-corrected chi connectivity index (χ2v) is 8.47. The molecule has 35 heavy (non-hydrogen) atoms. The summed E-state index contributed by atoms with van der Waals surface area (Å²) in [7, 11) is 5.06. The summed E-state index contributed by atoms with van der Waals surface area (Å²) in [6.07, 6.45) is 6.00. The highest BCUT2D eigenvalue weighted by Gasteiger charge is 2.13. The summed E-state index contributed by atoms with van der Waals surface area (Å²) >= 11 is 0. The number of hydrogen-bond acceptors (Lipinski definition) is 4. The molecule has 2 aliphatic rings. The predicted molar refractivity (Wildman–Crippen MR) is 141 cm³/mol. The average Bonchev–Trinajstić information content (AvgIpc) is 2.91. The van der Waals surface area contributed by atoms with E-state index >= 15 is 0 Å². The van der Waals surface area contributed by atoms with E-state index in [2.05, 4.69) is 48.6 Å². The second-order valence-electron chi connectivity index (χ2n) is 8.47. The second kappa shape index (κ2) is 9.98. The molecule has 4 aromatic rings. The van der Waals surface area contributed by atoms with Gasteiger partial charge in [-0.3, -0.25) is 0 Å². The van der Waals surface area contributed by atoms with E-state index in [1.54, 1.807) is 21.3 Å². The van der Waals surface area contributed by atoms with Crippen molar-refractivity contribution in [2.24, 2.45) is 0 Å². The molecule has 0 fully saturated rings. The van der Waals surface area contributed by atoms with Crippen molar-refractivity contribution in [2.45, 2.75) is 12.8 Å². The lowest BCUT2D eigenvalue weighted by atomic mass is 9.91. The van der Waals surface area contributed by atoms with Gasteiger partial charge in [0.05, 0.1) is 21.3 Å². The molecule has 4 nitrogen and oxygen atoms in total. The van der Waals surface area contributed by atoms with E-state index in [0.717, 1.165) is 46.8 Å². The van der Waals surface area contributed by atoms with Crippen LogP contribution in [0.5, 0.6) is 28.7 Å². The highest BCUT2D eigenvalue weighted by Crippen LogP contribution is 2.36. The van der Waals surface area contributed by atoms with Gasteiger partial charge in [-0.25, -0.2) is 0 Å². The number of fused-ring (bicyclic) bond motifs is 3. The van der Waals surface area contributed by atoms with Crippen LogP contribution >= 0.6 is 0 Å². The molecule has 0 N–H and O–H groups in total. The van der Waals surface area contributed by atoms with E-state index in [0.29, 0.717) is 11.5 Å². The SMILES string of the molecule is COc1ccc2c(c1)/C=C/c1ccc(OC)c(c1)Oc1ccc(cc1)CCc1cc(OC)ccc1-2. The first-order valence-corrected chi connectivity index (χ1v) is 11.6.